The molecule has 1 aromatic rings. The summed E-state index contributed by atoms with van der Waals surface area (Å²) >= 11 is 0. The summed E-state index contributed by atoms with van der Waals surface area (Å²) < 4.78 is 4.47. The number of carbonyl (C=O) groups is 1. The highest BCUT2D eigenvalue weighted by Gasteiger charge is 2.32. The molecule has 0 saturated heterocycles. The van der Waals surface area contributed by atoms with Crippen LogP contribution in [0.4, 0.5) is 5.82 Å². The van der Waals surface area contributed by atoms with Crippen LogP contribution in [0.25, 0.3) is 0 Å². The molecule has 0 aliphatic heterocycles. The molecule has 6 heteroatoms. The van der Waals surface area contributed by atoms with Crippen LogP contribution in [-0.2, 0) is 0 Å². The molecule has 1 amide bonds. The highest BCUT2D eigenvalue weighted by atomic mass is 16.6. The minimum atomic E-state index is -0.288. The maximum absolute atomic E-state index is 12.1. The molecule has 1 heterocycles. The van der Waals surface area contributed by atoms with Crippen LogP contribution in [-0.4, -0.2) is 22.3 Å². The second kappa shape index (κ2) is 5.59. The smallest absolute Gasteiger partial charge is 0.277 e. The van der Waals surface area contributed by atoms with E-state index in [1.807, 2.05) is 0 Å². The Morgan fingerprint density at radius 2 is 2.16 bits per heavy atom. The number of nitrogens with zero attached hydrogens (tertiary/aromatic N) is 2. The van der Waals surface area contributed by atoms with Gasteiger partial charge in [-0.2, -0.15) is 0 Å². The molecule has 0 bridgehead atoms. The average Bonchev–Trinajstić information content (AvgIpc) is 2.75. The van der Waals surface area contributed by atoms with Crippen LogP contribution < -0.4 is 11.1 Å². The maximum Gasteiger partial charge on any atom is 0.277 e. The topological polar surface area (TPSA) is 94.0 Å². The van der Waals surface area contributed by atoms with Gasteiger partial charge >= 0.3 is 0 Å². The molecular weight excluding hydrogens is 244 g/mol. The molecule has 2 rings (SSSR count). The number of rotatable bonds is 3. The van der Waals surface area contributed by atoms with Crippen molar-refractivity contribution >= 4 is 11.7 Å². The Bertz CT molecular complexity index is 444. The molecule has 106 valence electrons. The lowest BCUT2D eigenvalue weighted by Gasteiger charge is -2.37. The highest BCUT2D eigenvalue weighted by Crippen LogP contribution is 2.33. The van der Waals surface area contributed by atoms with Gasteiger partial charge in [-0.05, 0) is 40.9 Å². The Labute approximate surface area is 113 Å². The summed E-state index contributed by atoms with van der Waals surface area (Å²) in [5.41, 5.74) is 5.62. The Hall–Kier alpha value is -1.59. The molecule has 19 heavy (non-hydrogen) atoms. The van der Waals surface area contributed by atoms with Gasteiger partial charge in [-0.15, -0.1) is 0 Å². The zero-order valence-electron chi connectivity index (χ0n) is 11.7. The molecule has 6 nitrogen and oxygen atoms in total. The van der Waals surface area contributed by atoms with Crippen LogP contribution in [0.3, 0.4) is 0 Å². The number of amides is 1. The fourth-order valence-electron chi connectivity index (χ4n) is 2.96. The van der Waals surface area contributed by atoms with Crippen molar-refractivity contribution in [2.75, 3.05) is 5.73 Å². The second-order valence-corrected chi connectivity index (χ2v) is 5.90. The molecular formula is C13H22N4O2. The van der Waals surface area contributed by atoms with Gasteiger partial charge < -0.3 is 11.1 Å². The molecule has 0 spiro atoms. The lowest BCUT2D eigenvalue weighted by Crippen LogP contribution is -2.45. The summed E-state index contributed by atoms with van der Waals surface area (Å²) in [5.74, 6) is 1.44. The number of hydrogen-bond acceptors (Lipinski definition) is 5. The van der Waals surface area contributed by atoms with Gasteiger partial charge in [0, 0.05) is 6.04 Å². The summed E-state index contributed by atoms with van der Waals surface area (Å²) in [5, 5.41) is 10.0. The van der Waals surface area contributed by atoms with E-state index < -0.39 is 0 Å². The third-order valence-electron chi connectivity index (χ3n) is 4.07. The standard InChI is InChI=1S/C13H22N4O2/c1-7(2)9-5-4-8(3)6-10(9)15-13(18)11-12(14)17-19-16-11/h7-10H,4-6H2,1-3H3,(H2,14,17)(H,15,18). The number of aromatic nitrogens is 2. The number of nitrogens with two attached hydrogens (primary N) is 1. The third kappa shape index (κ3) is 3.05. The van der Waals surface area contributed by atoms with Crippen molar-refractivity contribution in [2.45, 2.75) is 46.1 Å². The summed E-state index contributed by atoms with van der Waals surface area (Å²) in [6.07, 6.45) is 3.37. The molecule has 3 atom stereocenters. The Morgan fingerprint density at radius 1 is 1.42 bits per heavy atom. The first-order chi connectivity index (χ1) is 8.99. The number of anilines is 1. The van der Waals surface area contributed by atoms with Crippen molar-refractivity contribution in [1.82, 2.24) is 15.6 Å². The molecule has 1 saturated carbocycles. The fourth-order valence-corrected chi connectivity index (χ4v) is 2.96. The highest BCUT2D eigenvalue weighted by molar-refractivity contribution is 5.96. The van der Waals surface area contributed by atoms with E-state index in [2.05, 4.69) is 41.0 Å². The molecule has 3 unspecified atom stereocenters. The molecule has 1 aliphatic carbocycles. The minimum Gasteiger partial charge on any atom is -0.379 e. The zero-order chi connectivity index (χ0) is 14.0. The summed E-state index contributed by atoms with van der Waals surface area (Å²) in [6, 6.07) is 0.173. The second-order valence-electron chi connectivity index (χ2n) is 5.90. The van der Waals surface area contributed by atoms with Crippen molar-refractivity contribution in [3.05, 3.63) is 5.69 Å². The lowest BCUT2D eigenvalue weighted by molar-refractivity contribution is 0.0859. The third-order valence-corrected chi connectivity index (χ3v) is 4.07. The van der Waals surface area contributed by atoms with Gasteiger partial charge in [0.1, 0.15) is 0 Å². The summed E-state index contributed by atoms with van der Waals surface area (Å²) in [7, 11) is 0. The van der Waals surface area contributed by atoms with Crippen molar-refractivity contribution in [1.29, 1.82) is 0 Å². The van der Waals surface area contributed by atoms with E-state index in [1.165, 1.54) is 6.42 Å². The van der Waals surface area contributed by atoms with Crippen LogP contribution in [0.5, 0.6) is 0 Å². The Balaban J connectivity index is 2.07. The van der Waals surface area contributed by atoms with Crippen LogP contribution in [0.1, 0.15) is 50.5 Å². The first-order valence-electron chi connectivity index (χ1n) is 6.88. The van der Waals surface area contributed by atoms with E-state index in [1.54, 1.807) is 0 Å². The van der Waals surface area contributed by atoms with Crippen LogP contribution >= 0.6 is 0 Å². The van der Waals surface area contributed by atoms with Gasteiger partial charge in [-0.1, -0.05) is 27.2 Å². The van der Waals surface area contributed by atoms with Crippen molar-refractivity contribution in [2.24, 2.45) is 17.8 Å². The van der Waals surface area contributed by atoms with Gasteiger partial charge in [-0.25, -0.2) is 4.63 Å². The minimum absolute atomic E-state index is 0.0439. The van der Waals surface area contributed by atoms with E-state index in [9.17, 15) is 4.79 Å². The largest absolute Gasteiger partial charge is 0.379 e. The van der Waals surface area contributed by atoms with Gasteiger partial charge in [0.25, 0.3) is 5.91 Å². The number of carbonyl (C=O) groups excluding carboxylic acids is 1. The first kappa shape index (κ1) is 13.8. The predicted octanol–water partition coefficient (Wildman–Crippen LogP) is 1.84. The molecule has 1 fully saturated rings. The van der Waals surface area contributed by atoms with Gasteiger partial charge in [0.15, 0.2) is 0 Å². The van der Waals surface area contributed by atoms with Crippen molar-refractivity contribution < 1.29 is 9.42 Å². The normalized spacial score (nSPS) is 27.5. The number of nitrogens with one attached hydrogen (secondary N) is 1. The molecule has 1 aromatic heterocycles. The van der Waals surface area contributed by atoms with E-state index in [0.717, 1.165) is 12.8 Å². The van der Waals surface area contributed by atoms with E-state index in [-0.39, 0.29) is 23.5 Å². The number of hydrogen-bond donors (Lipinski definition) is 2. The van der Waals surface area contributed by atoms with Gasteiger partial charge in [-0.3, -0.25) is 4.79 Å². The summed E-state index contributed by atoms with van der Waals surface area (Å²) in [6.45, 7) is 6.62. The summed E-state index contributed by atoms with van der Waals surface area (Å²) in [4.78, 5) is 12.1. The van der Waals surface area contributed by atoms with E-state index in [4.69, 9.17) is 5.73 Å². The van der Waals surface area contributed by atoms with Gasteiger partial charge in [0.2, 0.25) is 11.5 Å². The molecule has 3 N–H and O–H groups in total. The monoisotopic (exact) mass is 266 g/mol. The number of nitrogen functional groups attached to an aromatic ring is 1. The average molecular weight is 266 g/mol. The molecule has 0 aromatic carbocycles. The van der Waals surface area contributed by atoms with Gasteiger partial charge in [0.05, 0.1) is 0 Å². The van der Waals surface area contributed by atoms with Crippen LogP contribution in [0.15, 0.2) is 4.63 Å². The fraction of sp³-hybridized carbons (Fsp3) is 0.769. The van der Waals surface area contributed by atoms with Crippen LogP contribution in [0.2, 0.25) is 0 Å². The van der Waals surface area contributed by atoms with Crippen molar-refractivity contribution in [3.8, 4) is 0 Å². The Kier molecular flexibility index (Phi) is 4.07. The lowest BCUT2D eigenvalue weighted by atomic mass is 9.74. The quantitative estimate of drug-likeness (QED) is 0.870. The molecule has 1 aliphatic rings. The SMILES string of the molecule is CC1CCC(C(C)C)C(NC(=O)c2nonc2N)C1. The van der Waals surface area contributed by atoms with E-state index >= 15 is 0 Å². The Morgan fingerprint density at radius 3 is 2.74 bits per heavy atom. The van der Waals surface area contributed by atoms with Crippen LogP contribution in [0, 0.1) is 17.8 Å². The zero-order valence-corrected chi connectivity index (χ0v) is 11.7. The van der Waals surface area contributed by atoms with Crippen molar-refractivity contribution in [3.63, 3.8) is 0 Å². The molecule has 0 radical (unpaired) electrons. The maximum atomic E-state index is 12.1. The predicted molar refractivity (Wildman–Crippen MR) is 71.3 cm³/mol. The van der Waals surface area contributed by atoms with E-state index in [0.29, 0.717) is 17.8 Å². The first-order valence-corrected chi connectivity index (χ1v) is 6.88.